The van der Waals surface area contributed by atoms with Gasteiger partial charge in [-0.1, -0.05) is 25.1 Å². The molecule has 1 heterocycles. The number of benzene rings is 1. The van der Waals surface area contributed by atoms with Gasteiger partial charge >= 0.3 is 0 Å². The SMILES string of the molecule is CCc1ccc(NC(=O)/C(C#N)=C/c2cccnc2)cc1. The Morgan fingerprint density at radius 3 is 2.67 bits per heavy atom. The predicted octanol–water partition coefficient (Wildman–Crippen LogP) is 3.19. The molecular formula is C17H15N3O. The number of anilines is 1. The zero-order valence-electron chi connectivity index (χ0n) is 11.7. The van der Waals surface area contributed by atoms with Crippen LogP contribution in [0.4, 0.5) is 5.69 Å². The Labute approximate surface area is 123 Å². The third-order valence-electron chi connectivity index (χ3n) is 2.98. The first-order valence-electron chi connectivity index (χ1n) is 6.65. The minimum Gasteiger partial charge on any atom is -0.321 e. The van der Waals surface area contributed by atoms with Crippen LogP contribution >= 0.6 is 0 Å². The maximum Gasteiger partial charge on any atom is 0.266 e. The van der Waals surface area contributed by atoms with Crippen LogP contribution in [0.3, 0.4) is 0 Å². The fourth-order valence-electron chi connectivity index (χ4n) is 1.80. The van der Waals surface area contributed by atoms with Crippen LogP contribution in [-0.4, -0.2) is 10.9 Å². The zero-order chi connectivity index (χ0) is 15.1. The number of rotatable bonds is 4. The molecule has 2 aromatic rings. The third-order valence-corrected chi connectivity index (χ3v) is 2.98. The van der Waals surface area contributed by atoms with E-state index in [9.17, 15) is 4.79 Å². The monoisotopic (exact) mass is 277 g/mol. The van der Waals surface area contributed by atoms with Crippen LogP contribution in [-0.2, 0) is 11.2 Å². The van der Waals surface area contributed by atoms with Crippen molar-refractivity contribution in [1.29, 1.82) is 5.26 Å². The van der Waals surface area contributed by atoms with Gasteiger partial charge in [0.1, 0.15) is 11.6 Å². The average Bonchev–Trinajstić information content (AvgIpc) is 2.54. The molecule has 2 rings (SSSR count). The van der Waals surface area contributed by atoms with Crippen molar-refractivity contribution < 1.29 is 4.79 Å². The summed E-state index contributed by atoms with van der Waals surface area (Å²) in [6.45, 7) is 2.07. The molecular weight excluding hydrogens is 262 g/mol. The van der Waals surface area contributed by atoms with Crippen molar-refractivity contribution in [2.75, 3.05) is 5.32 Å². The van der Waals surface area contributed by atoms with E-state index in [1.54, 1.807) is 24.5 Å². The average molecular weight is 277 g/mol. The molecule has 1 N–H and O–H groups in total. The third kappa shape index (κ3) is 4.02. The number of carbonyl (C=O) groups excluding carboxylic acids is 1. The van der Waals surface area contributed by atoms with E-state index in [4.69, 9.17) is 5.26 Å². The van der Waals surface area contributed by atoms with Crippen molar-refractivity contribution in [2.24, 2.45) is 0 Å². The summed E-state index contributed by atoms with van der Waals surface area (Å²) in [5.41, 5.74) is 2.62. The largest absolute Gasteiger partial charge is 0.321 e. The number of nitriles is 1. The number of aryl methyl sites for hydroxylation is 1. The molecule has 0 saturated carbocycles. The van der Waals surface area contributed by atoms with Gasteiger partial charge in [0.15, 0.2) is 0 Å². The maximum atomic E-state index is 12.1. The van der Waals surface area contributed by atoms with Crippen molar-refractivity contribution in [3.8, 4) is 6.07 Å². The second-order valence-electron chi connectivity index (χ2n) is 4.46. The lowest BCUT2D eigenvalue weighted by atomic mass is 10.1. The minimum atomic E-state index is -0.425. The summed E-state index contributed by atoms with van der Waals surface area (Å²) in [6.07, 6.45) is 5.70. The first-order valence-corrected chi connectivity index (χ1v) is 6.65. The van der Waals surface area contributed by atoms with Gasteiger partial charge in [-0.25, -0.2) is 0 Å². The zero-order valence-corrected chi connectivity index (χ0v) is 11.7. The lowest BCUT2D eigenvalue weighted by Crippen LogP contribution is -2.13. The van der Waals surface area contributed by atoms with E-state index < -0.39 is 5.91 Å². The summed E-state index contributed by atoms with van der Waals surface area (Å²) >= 11 is 0. The summed E-state index contributed by atoms with van der Waals surface area (Å²) in [6, 6.07) is 13.0. The summed E-state index contributed by atoms with van der Waals surface area (Å²) in [5, 5.41) is 11.8. The van der Waals surface area contributed by atoms with Gasteiger partial charge in [-0.15, -0.1) is 0 Å². The molecule has 1 amide bonds. The molecule has 0 radical (unpaired) electrons. The molecule has 0 fully saturated rings. The molecule has 0 atom stereocenters. The molecule has 0 bridgehead atoms. The van der Waals surface area contributed by atoms with Gasteiger partial charge in [0.25, 0.3) is 5.91 Å². The second-order valence-corrected chi connectivity index (χ2v) is 4.46. The van der Waals surface area contributed by atoms with E-state index in [2.05, 4.69) is 17.2 Å². The minimum absolute atomic E-state index is 0.0440. The summed E-state index contributed by atoms with van der Waals surface area (Å²) in [7, 11) is 0. The predicted molar refractivity (Wildman–Crippen MR) is 82.3 cm³/mol. The van der Waals surface area contributed by atoms with Crippen LogP contribution in [0.25, 0.3) is 6.08 Å². The van der Waals surface area contributed by atoms with E-state index in [0.717, 1.165) is 6.42 Å². The molecule has 21 heavy (non-hydrogen) atoms. The number of nitrogens with one attached hydrogen (secondary N) is 1. The van der Waals surface area contributed by atoms with E-state index >= 15 is 0 Å². The van der Waals surface area contributed by atoms with Gasteiger partial charge < -0.3 is 5.32 Å². The van der Waals surface area contributed by atoms with Crippen molar-refractivity contribution in [3.05, 3.63) is 65.5 Å². The van der Waals surface area contributed by atoms with E-state index in [0.29, 0.717) is 11.3 Å². The molecule has 4 heteroatoms. The van der Waals surface area contributed by atoms with Crippen molar-refractivity contribution in [2.45, 2.75) is 13.3 Å². The highest BCUT2D eigenvalue weighted by Crippen LogP contribution is 2.12. The Morgan fingerprint density at radius 1 is 1.33 bits per heavy atom. The number of pyridine rings is 1. The highest BCUT2D eigenvalue weighted by Gasteiger charge is 2.09. The number of amides is 1. The highest BCUT2D eigenvalue weighted by atomic mass is 16.1. The first kappa shape index (κ1) is 14.5. The van der Waals surface area contributed by atoms with E-state index in [1.807, 2.05) is 30.3 Å². The van der Waals surface area contributed by atoms with Gasteiger partial charge in [-0.3, -0.25) is 9.78 Å². The fraction of sp³-hybridized carbons (Fsp3) is 0.118. The Kier molecular flexibility index (Phi) is 4.84. The number of hydrogen-bond acceptors (Lipinski definition) is 3. The molecule has 0 unspecified atom stereocenters. The molecule has 1 aromatic carbocycles. The number of aromatic nitrogens is 1. The molecule has 0 saturated heterocycles. The second kappa shape index (κ2) is 7.01. The summed E-state index contributed by atoms with van der Waals surface area (Å²) in [5.74, 6) is -0.425. The van der Waals surface area contributed by atoms with Gasteiger partial charge in [0.05, 0.1) is 0 Å². The van der Waals surface area contributed by atoms with Gasteiger partial charge in [0.2, 0.25) is 0 Å². The van der Waals surface area contributed by atoms with Crippen molar-refractivity contribution >= 4 is 17.7 Å². The molecule has 4 nitrogen and oxygen atoms in total. The van der Waals surface area contributed by atoms with Crippen LogP contribution in [0.1, 0.15) is 18.1 Å². The van der Waals surface area contributed by atoms with Crippen molar-refractivity contribution in [3.63, 3.8) is 0 Å². The summed E-state index contributed by atoms with van der Waals surface area (Å²) in [4.78, 5) is 16.0. The standard InChI is InChI=1S/C17H15N3O/c1-2-13-5-7-16(8-6-13)20-17(21)15(11-18)10-14-4-3-9-19-12-14/h3-10,12H,2H2,1H3,(H,20,21)/b15-10+. The first-order chi connectivity index (χ1) is 10.2. The smallest absolute Gasteiger partial charge is 0.266 e. The van der Waals surface area contributed by atoms with Crippen LogP contribution in [0.15, 0.2) is 54.4 Å². The lowest BCUT2D eigenvalue weighted by Gasteiger charge is -2.05. The van der Waals surface area contributed by atoms with Crippen LogP contribution in [0, 0.1) is 11.3 Å². The topological polar surface area (TPSA) is 65.8 Å². The highest BCUT2D eigenvalue weighted by molar-refractivity contribution is 6.09. The Bertz CT molecular complexity index is 682. The molecule has 0 aliphatic carbocycles. The maximum absolute atomic E-state index is 12.1. The summed E-state index contributed by atoms with van der Waals surface area (Å²) < 4.78 is 0. The molecule has 104 valence electrons. The van der Waals surface area contributed by atoms with Gasteiger partial charge in [-0.05, 0) is 41.8 Å². The molecule has 0 aliphatic heterocycles. The van der Waals surface area contributed by atoms with Crippen LogP contribution < -0.4 is 5.32 Å². The number of carbonyl (C=O) groups is 1. The van der Waals surface area contributed by atoms with Crippen LogP contribution in [0.5, 0.6) is 0 Å². The van der Waals surface area contributed by atoms with Gasteiger partial charge in [-0.2, -0.15) is 5.26 Å². The molecule has 0 spiro atoms. The van der Waals surface area contributed by atoms with E-state index in [1.165, 1.54) is 11.6 Å². The van der Waals surface area contributed by atoms with Gasteiger partial charge in [0, 0.05) is 18.1 Å². The Hall–Kier alpha value is -2.93. The Morgan fingerprint density at radius 2 is 2.10 bits per heavy atom. The molecule has 0 aliphatic rings. The number of nitrogens with zero attached hydrogens (tertiary/aromatic N) is 2. The molecule has 1 aromatic heterocycles. The number of hydrogen-bond donors (Lipinski definition) is 1. The van der Waals surface area contributed by atoms with Crippen LogP contribution in [0.2, 0.25) is 0 Å². The van der Waals surface area contributed by atoms with Crippen molar-refractivity contribution in [1.82, 2.24) is 4.98 Å². The van der Waals surface area contributed by atoms with E-state index in [-0.39, 0.29) is 5.57 Å². The lowest BCUT2D eigenvalue weighted by molar-refractivity contribution is -0.112. The quantitative estimate of drug-likeness (QED) is 0.689. The fourth-order valence-corrected chi connectivity index (χ4v) is 1.80. The Balaban J connectivity index is 2.13. The normalized spacial score (nSPS) is 10.8.